The fraction of sp³-hybridized carbons (Fsp3) is 0.406. The summed E-state index contributed by atoms with van der Waals surface area (Å²) in [5.74, 6) is 0.747. The lowest BCUT2D eigenvalue weighted by atomic mass is 9.84. The molecule has 0 aromatic heterocycles. The number of phenols is 1. The van der Waals surface area contributed by atoms with E-state index in [1.54, 1.807) is 31.4 Å². The predicted molar refractivity (Wildman–Crippen MR) is 160 cm³/mol. The Morgan fingerprint density at radius 1 is 1.02 bits per heavy atom. The number of hydrogen-bond acceptors (Lipinski definition) is 8. The number of likely N-dealkylation sites (tertiary alicyclic amines) is 1. The Morgan fingerprint density at radius 2 is 1.79 bits per heavy atom. The van der Waals surface area contributed by atoms with Gasteiger partial charge in [0.25, 0.3) is 0 Å². The molecule has 0 aliphatic carbocycles. The lowest BCUT2D eigenvalue weighted by molar-refractivity contribution is -0.127. The first-order valence-corrected chi connectivity index (χ1v) is 16.0. The molecule has 3 heterocycles. The SMILES string of the molecule is COc1cccc(-c2ccc3c(c2)OCCC2(CCN(Cc4ccccc4O)CC2)NC(=O)[C@@H]2C[C@@H](O)CN2S3(=O)=O)c1. The van der Waals surface area contributed by atoms with Crippen molar-refractivity contribution in [2.75, 3.05) is 33.4 Å². The van der Waals surface area contributed by atoms with E-state index in [1.807, 2.05) is 36.4 Å². The van der Waals surface area contributed by atoms with Crippen LogP contribution >= 0.6 is 0 Å². The summed E-state index contributed by atoms with van der Waals surface area (Å²) in [5.41, 5.74) is 1.85. The number of amides is 1. The highest BCUT2D eigenvalue weighted by Gasteiger charge is 2.47. The quantitative estimate of drug-likeness (QED) is 0.413. The van der Waals surface area contributed by atoms with Crippen LogP contribution in [0.1, 0.15) is 31.2 Å². The van der Waals surface area contributed by atoms with Crippen LogP contribution in [-0.4, -0.2) is 84.8 Å². The summed E-state index contributed by atoms with van der Waals surface area (Å²) in [6.07, 6.45) is 0.827. The Morgan fingerprint density at radius 3 is 2.56 bits per heavy atom. The number of benzene rings is 3. The second-order valence-corrected chi connectivity index (χ2v) is 13.5. The number of sulfonamides is 1. The number of piperidine rings is 1. The molecule has 0 bridgehead atoms. The lowest BCUT2D eigenvalue weighted by Crippen LogP contribution is -2.59. The summed E-state index contributed by atoms with van der Waals surface area (Å²) < 4.78 is 40.7. The van der Waals surface area contributed by atoms with Crippen LogP contribution in [0.15, 0.2) is 71.6 Å². The fourth-order valence-electron chi connectivity index (χ4n) is 6.39. The van der Waals surface area contributed by atoms with Crippen LogP contribution in [0.25, 0.3) is 11.1 Å². The number of hydrogen-bond donors (Lipinski definition) is 3. The molecule has 2 saturated heterocycles. The Bertz CT molecular complexity index is 1600. The summed E-state index contributed by atoms with van der Waals surface area (Å²) in [4.78, 5) is 15.9. The van der Waals surface area contributed by atoms with E-state index in [1.165, 1.54) is 6.07 Å². The van der Waals surface area contributed by atoms with E-state index in [0.29, 0.717) is 44.6 Å². The Balaban J connectivity index is 1.31. The molecule has 11 heteroatoms. The smallest absolute Gasteiger partial charge is 0.247 e. The summed E-state index contributed by atoms with van der Waals surface area (Å²) in [5, 5.41) is 24.0. The Kier molecular flexibility index (Phi) is 8.08. The minimum absolute atomic E-state index is 0.0264. The van der Waals surface area contributed by atoms with Crippen LogP contribution < -0.4 is 14.8 Å². The third-order valence-corrected chi connectivity index (χ3v) is 10.8. The van der Waals surface area contributed by atoms with Gasteiger partial charge in [0.05, 0.1) is 19.8 Å². The van der Waals surface area contributed by atoms with Crippen molar-refractivity contribution >= 4 is 15.9 Å². The van der Waals surface area contributed by atoms with Crippen molar-refractivity contribution in [3.8, 4) is 28.4 Å². The maximum Gasteiger partial charge on any atom is 0.247 e. The van der Waals surface area contributed by atoms with Gasteiger partial charge in [0.1, 0.15) is 28.2 Å². The number of nitrogens with zero attached hydrogens (tertiary/aromatic N) is 2. The molecule has 3 N–H and O–H groups in total. The van der Waals surface area contributed by atoms with Gasteiger partial charge in [-0.1, -0.05) is 36.4 Å². The van der Waals surface area contributed by atoms with Crippen molar-refractivity contribution in [3.05, 3.63) is 72.3 Å². The summed E-state index contributed by atoms with van der Waals surface area (Å²) in [7, 11) is -2.58. The van der Waals surface area contributed by atoms with Crippen molar-refractivity contribution in [1.29, 1.82) is 0 Å². The third kappa shape index (κ3) is 5.95. The molecule has 2 atom stereocenters. The number of aromatic hydroxyl groups is 1. The van der Waals surface area contributed by atoms with Gasteiger partial charge in [-0.3, -0.25) is 9.69 Å². The standard InChI is InChI=1S/C32H37N3O7S/c1-41-26-7-4-6-22(17-26)23-9-10-30-29(18-23)42-16-13-32(33-31(38)27-19-25(36)21-35(27)43(30,39)40)11-14-34(15-12-32)20-24-5-2-3-8-28(24)37/h2-10,17-18,25,27,36-37H,11-16,19-21H2,1H3,(H,33,38)/t25-,27+/m1/s1. The van der Waals surface area contributed by atoms with Crippen molar-refractivity contribution in [1.82, 2.24) is 14.5 Å². The Labute approximate surface area is 251 Å². The topological polar surface area (TPSA) is 129 Å². The highest BCUT2D eigenvalue weighted by Crippen LogP contribution is 2.38. The molecule has 10 nitrogen and oxygen atoms in total. The second kappa shape index (κ2) is 11.8. The number of carbonyl (C=O) groups is 1. The van der Waals surface area contributed by atoms with Gasteiger partial charge < -0.3 is 25.0 Å². The normalized spacial score (nSPS) is 23.8. The second-order valence-electron chi connectivity index (χ2n) is 11.6. The highest BCUT2D eigenvalue weighted by molar-refractivity contribution is 7.89. The molecule has 43 heavy (non-hydrogen) atoms. The fourth-order valence-corrected chi connectivity index (χ4v) is 8.14. The molecule has 1 amide bonds. The van der Waals surface area contributed by atoms with Gasteiger partial charge in [0.2, 0.25) is 15.9 Å². The molecule has 0 unspecified atom stereocenters. The summed E-state index contributed by atoms with van der Waals surface area (Å²) in [6, 6.07) is 18.7. The van der Waals surface area contributed by atoms with Gasteiger partial charge in [-0.05, 0) is 54.3 Å². The van der Waals surface area contributed by atoms with E-state index in [2.05, 4.69) is 10.2 Å². The van der Waals surface area contributed by atoms with Crippen LogP contribution in [0.2, 0.25) is 0 Å². The molecular weight excluding hydrogens is 570 g/mol. The molecule has 3 aliphatic rings. The van der Waals surface area contributed by atoms with Crippen LogP contribution in [0.5, 0.6) is 17.2 Å². The average Bonchev–Trinajstić information content (AvgIpc) is 3.41. The van der Waals surface area contributed by atoms with E-state index >= 15 is 0 Å². The van der Waals surface area contributed by atoms with Gasteiger partial charge in [0, 0.05) is 50.1 Å². The van der Waals surface area contributed by atoms with Crippen LogP contribution in [0, 0.1) is 0 Å². The van der Waals surface area contributed by atoms with Crippen LogP contribution in [0.3, 0.4) is 0 Å². The van der Waals surface area contributed by atoms with Gasteiger partial charge in [0.15, 0.2) is 0 Å². The number of aliphatic hydroxyl groups is 1. The first-order valence-electron chi connectivity index (χ1n) is 14.6. The maximum atomic E-state index is 14.0. The number of rotatable bonds is 4. The number of fused-ring (bicyclic) bond motifs is 2. The first kappa shape index (κ1) is 29.4. The monoisotopic (exact) mass is 607 g/mol. The van der Waals surface area contributed by atoms with Crippen LogP contribution in [0.4, 0.5) is 0 Å². The number of ether oxygens (including phenoxy) is 2. The largest absolute Gasteiger partial charge is 0.508 e. The first-order chi connectivity index (χ1) is 20.7. The van der Waals surface area contributed by atoms with E-state index in [-0.39, 0.29) is 36.0 Å². The molecule has 0 saturated carbocycles. The zero-order chi connectivity index (χ0) is 30.2. The van der Waals surface area contributed by atoms with Gasteiger partial charge >= 0.3 is 0 Å². The van der Waals surface area contributed by atoms with E-state index in [4.69, 9.17) is 9.47 Å². The number of nitrogens with one attached hydrogen (secondary N) is 1. The van der Waals surface area contributed by atoms with Gasteiger partial charge in [-0.25, -0.2) is 8.42 Å². The molecule has 3 aromatic carbocycles. The molecular formula is C32H37N3O7S. The lowest BCUT2D eigenvalue weighted by Gasteiger charge is -2.43. The van der Waals surface area contributed by atoms with E-state index in [0.717, 1.165) is 21.0 Å². The van der Waals surface area contributed by atoms with Gasteiger partial charge in [-0.2, -0.15) is 4.31 Å². The number of phenolic OH excluding ortho intramolecular Hbond substituents is 1. The molecule has 6 rings (SSSR count). The molecule has 1 spiro atoms. The summed E-state index contributed by atoms with van der Waals surface area (Å²) in [6.45, 7) is 1.99. The zero-order valence-electron chi connectivity index (χ0n) is 24.1. The number of carbonyl (C=O) groups excluding carboxylic acids is 1. The maximum absolute atomic E-state index is 14.0. The highest BCUT2D eigenvalue weighted by atomic mass is 32.2. The minimum atomic E-state index is -4.17. The molecule has 228 valence electrons. The molecule has 3 aliphatic heterocycles. The number of aliphatic hydroxyl groups excluding tert-OH is 1. The number of methoxy groups -OCH3 is 1. The third-order valence-electron chi connectivity index (χ3n) is 8.90. The van der Waals surface area contributed by atoms with Crippen molar-refractivity contribution in [2.45, 2.75) is 54.8 Å². The number of para-hydroxylation sites is 1. The zero-order valence-corrected chi connectivity index (χ0v) is 24.9. The molecule has 0 radical (unpaired) electrons. The minimum Gasteiger partial charge on any atom is -0.508 e. The van der Waals surface area contributed by atoms with Gasteiger partial charge in [-0.15, -0.1) is 0 Å². The summed E-state index contributed by atoms with van der Waals surface area (Å²) >= 11 is 0. The van der Waals surface area contributed by atoms with Crippen molar-refractivity contribution < 1.29 is 32.9 Å². The van der Waals surface area contributed by atoms with E-state index < -0.39 is 33.6 Å². The van der Waals surface area contributed by atoms with Crippen molar-refractivity contribution in [2.24, 2.45) is 0 Å². The van der Waals surface area contributed by atoms with Crippen molar-refractivity contribution in [3.63, 3.8) is 0 Å². The molecule has 3 aromatic rings. The average molecular weight is 608 g/mol. The Hall–Kier alpha value is -3.64. The van der Waals surface area contributed by atoms with Crippen LogP contribution in [-0.2, 0) is 21.4 Å². The molecule has 2 fully saturated rings. The predicted octanol–water partition coefficient (Wildman–Crippen LogP) is 3.13. The van der Waals surface area contributed by atoms with E-state index in [9.17, 15) is 23.4 Å².